The van der Waals surface area contributed by atoms with Crippen molar-refractivity contribution in [3.8, 4) is 0 Å². The van der Waals surface area contributed by atoms with Gasteiger partial charge in [-0.3, -0.25) is 14.5 Å². The molecule has 2 aromatic carbocycles. The zero-order chi connectivity index (χ0) is 26.5. The Bertz CT molecular complexity index is 1290. The Labute approximate surface area is 226 Å². The Morgan fingerprint density at radius 2 is 1.84 bits per heavy atom. The van der Waals surface area contributed by atoms with Gasteiger partial charge in [-0.15, -0.1) is 11.3 Å². The SMILES string of the molecule is Cc1ccc(C2CC(c3ccccc3F)=NN2C(=O)CN(CCN2CCOCC2)C(=O)c2cccs2)cc1. The molecule has 0 spiro atoms. The molecule has 0 radical (unpaired) electrons. The maximum Gasteiger partial charge on any atom is 0.264 e. The average Bonchev–Trinajstić information content (AvgIpc) is 3.63. The number of ether oxygens (including phenoxy) is 1. The molecule has 38 heavy (non-hydrogen) atoms. The summed E-state index contributed by atoms with van der Waals surface area (Å²) in [6, 6.07) is 17.7. The highest BCUT2D eigenvalue weighted by molar-refractivity contribution is 7.12. The standard InChI is InChI=1S/C29H31FN4O3S/c1-21-8-10-22(11-9-21)26-19-25(23-5-2-3-6-24(23)30)31-34(26)28(35)20-33(29(36)27-7-4-18-38-27)13-12-32-14-16-37-17-15-32/h2-11,18,26H,12-17,19-20H2,1H3. The highest BCUT2D eigenvalue weighted by atomic mass is 32.1. The van der Waals surface area contributed by atoms with E-state index in [4.69, 9.17) is 4.74 Å². The molecule has 5 rings (SSSR count). The summed E-state index contributed by atoms with van der Waals surface area (Å²) in [4.78, 5) is 31.6. The molecule has 1 fully saturated rings. The van der Waals surface area contributed by atoms with Gasteiger partial charge >= 0.3 is 0 Å². The zero-order valence-corrected chi connectivity index (χ0v) is 22.2. The molecule has 198 valence electrons. The van der Waals surface area contributed by atoms with Crippen LogP contribution in [0.1, 0.15) is 38.8 Å². The van der Waals surface area contributed by atoms with Crippen LogP contribution < -0.4 is 0 Å². The average molecular weight is 535 g/mol. The van der Waals surface area contributed by atoms with E-state index in [1.807, 2.05) is 42.6 Å². The fourth-order valence-corrected chi connectivity index (χ4v) is 5.47. The minimum atomic E-state index is -0.379. The van der Waals surface area contributed by atoms with Crippen molar-refractivity contribution in [2.45, 2.75) is 19.4 Å². The lowest BCUT2D eigenvalue weighted by atomic mass is 9.97. The van der Waals surface area contributed by atoms with Crippen LogP contribution in [-0.2, 0) is 9.53 Å². The van der Waals surface area contributed by atoms with E-state index < -0.39 is 0 Å². The van der Waals surface area contributed by atoms with Crippen LogP contribution in [0.5, 0.6) is 0 Å². The Kier molecular flexibility index (Phi) is 8.26. The van der Waals surface area contributed by atoms with Gasteiger partial charge in [0, 0.05) is 38.2 Å². The summed E-state index contributed by atoms with van der Waals surface area (Å²) in [7, 11) is 0. The van der Waals surface area contributed by atoms with Gasteiger partial charge in [-0.1, -0.05) is 54.1 Å². The van der Waals surface area contributed by atoms with Crippen molar-refractivity contribution < 1.29 is 18.7 Å². The van der Waals surface area contributed by atoms with Crippen LogP contribution in [0.3, 0.4) is 0 Å². The third-order valence-corrected chi connectivity index (χ3v) is 7.81. The number of hydrogen-bond donors (Lipinski definition) is 0. The maximum absolute atomic E-state index is 14.7. The number of carbonyl (C=O) groups excluding carboxylic acids is 2. The van der Waals surface area contributed by atoms with Crippen molar-refractivity contribution in [1.29, 1.82) is 0 Å². The van der Waals surface area contributed by atoms with Gasteiger partial charge in [0.25, 0.3) is 11.8 Å². The van der Waals surface area contributed by atoms with Crippen molar-refractivity contribution in [3.05, 3.63) is 93.4 Å². The van der Waals surface area contributed by atoms with Crippen LogP contribution in [0.15, 0.2) is 71.1 Å². The minimum absolute atomic E-state index is 0.114. The van der Waals surface area contributed by atoms with E-state index in [1.54, 1.807) is 29.2 Å². The lowest BCUT2D eigenvalue weighted by Crippen LogP contribution is -2.46. The Morgan fingerprint density at radius 1 is 1.08 bits per heavy atom. The van der Waals surface area contributed by atoms with E-state index in [0.29, 0.717) is 48.9 Å². The summed E-state index contributed by atoms with van der Waals surface area (Å²) in [5, 5.41) is 7.92. The van der Waals surface area contributed by atoms with Crippen molar-refractivity contribution in [2.75, 3.05) is 45.9 Å². The first kappa shape index (κ1) is 26.2. The molecule has 1 aromatic heterocycles. The first-order valence-electron chi connectivity index (χ1n) is 12.8. The predicted molar refractivity (Wildman–Crippen MR) is 146 cm³/mol. The molecule has 1 saturated heterocycles. The number of halogens is 1. The Balaban J connectivity index is 1.40. The second-order valence-corrected chi connectivity index (χ2v) is 10.5. The van der Waals surface area contributed by atoms with Crippen LogP contribution in [0.4, 0.5) is 4.39 Å². The molecule has 0 bridgehead atoms. The van der Waals surface area contributed by atoms with E-state index in [0.717, 1.165) is 24.2 Å². The fraction of sp³-hybridized carbons (Fsp3) is 0.345. The summed E-state index contributed by atoms with van der Waals surface area (Å²) >= 11 is 1.36. The molecule has 2 aliphatic rings. The first-order chi connectivity index (χ1) is 18.5. The van der Waals surface area contributed by atoms with Crippen LogP contribution in [0.25, 0.3) is 0 Å². The number of benzene rings is 2. The number of hydrogen-bond acceptors (Lipinski definition) is 6. The largest absolute Gasteiger partial charge is 0.379 e. The molecule has 7 nitrogen and oxygen atoms in total. The van der Waals surface area contributed by atoms with Crippen molar-refractivity contribution >= 4 is 28.9 Å². The summed E-state index contributed by atoms with van der Waals surface area (Å²) in [6.45, 7) is 5.88. The minimum Gasteiger partial charge on any atom is -0.379 e. The van der Waals surface area contributed by atoms with Crippen LogP contribution in [0, 0.1) is 12.7 Å². The number of nitrogens with zero attached hydrogens (tertiary/aromatic N) is 4. The van der Waals surface area contributed by atoms with E-state index in [9.17, 15) is 14.0 Å². The summed E-state index contributed by atoms with van der Waals surface area (Å²) < 4.78 is 20.1. The Hall–Kier alpha value is -3.40. The number of thiophene rings is 1. The lowest BCUT2D eigenvalue weighted by molar-refractivity contribution is -0.133. The second-order valence-electron chi connectivity index (χ2n) is 9.55. The molecule has 9 heteroatoms. The topological polar surface area (TPSA) is 65.5 Å². The molecule has 2 aliphatic heterocycles. The van der Waals surface area contributed by atoms with E-state index in [1.165, 1.54) is 22.4 Å². The van der Waals surface area contributed by atoms with Gasteiger partial charge in [0.05, 0.1) is 29.8 Å². The monoisotopic (exact) mass is 534 g/mol. The zero-order valence-electron chi connectivity index (χ0n) is 21.4. The molecule has 0 aliphatic carbocycles. The molecular weight excluding hydrogens is 503 g/mol. The predicted octanol–water partition coefficient (Wildman–Crippen LogP) is 4.35. The van der Waals surface area contributed by atoms with E-state index in [2.05, 4.69) is 10.0 Å². The lowest BCUT2D eigenvalue weighted by Gasteiger charge is -2.31. The third kappa shape index (κ3) is 6.01. The number of carbonyl (C=O) groups is 2. The first-order valence-corrected chi connectivity index (χ1v) is 13.7. The Morgan fingerprint density at radius 3 is 2.55 bits per heavy atom. The van der Waals surface area contributed by atoms with E-state index >= 15 is 0 Å². The maximum atomic E-state index is 14.7. The van der Waals surface area contributed by atoms with Crippen molar-refractivity contribution in [3.63, 3.8) is 0 Å². The van der Waals surface area contributed by atoms with Gasteiger partial charge in [0.15, 0.2) is 0 Å². The smallest absolute Gasteiger partial charge is 0.264 e. The summed E-state index contributed by atoms with van der Waals surface area (Å²) in [6.07, 6.45) is 0.391. The molecule has 1 unspecified atom stereocenters. The van der Waals surface area contributed by atoms with Crippen molar-refractivity contribution in [2.24, 2.45) is 5.10 Å². The number of rotatable bonds is 8. The number of aryl methyl sites for hydroxylation is 1. The normalized spacial score (nSPS) is 17.9. The molecule has 3 aromatic rings. The van der Waals surface area contributed by atoms with Gasteiger partial charge in [0.1, 0.15) is 12.4 Å². The molecule has 0 saturated carbocycles. The summed E-state index contributed by atoms with van der Waals surface area (Å²) in [5.41, 5.74) is 2.93. The van der Waals surface area contributed by atoms with Crippen LogP contribution in [-0.4, -0.2) is 78.3 Å². The second kappa shape index (κ2) is 12.0. The molecule has 3 heterocycles. The van der Waals surface area contributed by atoms with Gasteiger partial charge < -0.3 is 9.64 Å². The molecular formula is C29H31FN4O3S. The molecule has 2 amide bonds. The van der Waals surface area contributed by atoms with Crippen LogP contribution >= 0.6 is 11.3 Å². The number of hydrazone groups is 1. The fourth-order valence-electron chi connectivity index (χ4n) is 4.78. The van der Waals surface area contributed by atoms with E-state index in [-0.39, 0.29) is 30.2 Å². The van der Waals surface area contributed by atoms with Gasteiger partial charge in [-0.25, -0.2) is 9.40 Å². The van der Waals surface area contributed by atoms with Gasteiger partial charge in [-0.2, -0.15) is 5.10 Å². The van der Waals surface area contributed by atoms with Gasteiger partial charge in [0.2, 0.25) is 0 Å². The summed E-state index contributed by atoms with van der Waals surface area (Å²) in [5.74, 6) is -0.844. The highest BCUT2D eigenvalue weighted by Crippen LogP contribution is 2.33. The highest BCUT2D eigenvalue weighted by Gasteiger charge is 2.35. The molecule has 0 N–H and O–H groups in total. The van der Waals surface area contributed by atoms with Crippen molar-refractivity contribution in [1.82, 2.24) is 14.8 Å². The van der Waals surface area contributed by atoms with Crippen LogP contribution in [0.2, 0.25) is 0 Å². The number of morpholine rings is 1. The quantitative estimate of drug-likeness (QED) is 0.431. The molecule has 1 atom stereocenters. The number of amides is 2. The van der Waals surface area contributed by atoms with Gasteiger partial charge in [-0.05, 0) is 30.0 Å². The third-order valence-electron chi connectivity index (χ3n) is 6.95.